The van der Waals surface area contributed by atoms with E-state index in [1.807, 2.05) is 14.2 Å². The van der Waals surface area contributed by atoms with Gasteiger partial charge in [0.05, 0.1) is 18.8 Å². The third-order valence-electron chi connectivity index (χ3n) is 7.53. The van der Waals surface area contributed by atoms with Gasteiger partial charge in [-0.25, -0.2) is 0 Å². The number of nitrogens with zero attached hydrogens (tertiary/aromatic N) is 1. The lowest BCUT2D eigenvalue weighted by atomic mass is 9.78. The lowest BCUT2D eigenvalue weighted by molar-refractivity contribution is 0.0113. The van der Waals surface area contributed by atoms with Crippen LogP contribution in [0.3, 0.4) is 0 Å². The van der Waals surface area contributed by atoms with Crippen LogP contribution in [-0.4, -0.2) is 90.0 Å². The molecule has 3 aliphatic rings. The Kier molecular flexibility index (Phi) is 10.8. The molecule has 4 N–H and O–H groups in total. The summed E-state index contributed by atoms with van der Waals surface area (Å²) in [6.07, 6.45) is 11.1. The summed E-state index contributed by atoms with van der Waals surface area (Å²) in [4.78, 5) is 2.33. The fourth-order valence-electron chi connectivity index (χ4n) is 5.35. The van der Waals surface area contributed by atoms with Gasteiger partial charge in [0, 0.05) is 45.9 Å². The molecule has 30 heavy (non-hydrogen) atoms. The second kappa shape index (κ2) is 13.3. The van der Waals surface area contributed by atoms with Gasteiger partial charge in [0.15, 0.2) is 0 Å². The lowest BCUT2D eigenvalue weighted by Crippen LogP contribution is -2.63. The van der Waals surface area contributed by atoms with Crippen molar-refractivity contribution in [2.24, 2.45) is 11.8 Å². The lowest BCUT2D eigenvalue weighted by Gasteiger charge is -2.40. The topological polar surface area (TPSA) is 69.8 Å². The van der Waals surface area contributed by atoms with Gasteiger partial charge in [-0.15, -0.1) is 0 Å². The molecule has 3 fully saturated rings. The van der Waals surface area contributed by atoms with E-state index in [1.165, 1.54) is 51.4 Å². The second-order valence-corrected chi connectivity index (χ2v) is 9.70. The minimum atomic E-state index is 0.264. The van der Waals surface area contributed by atoms with Gasteiger partial charge in [-0.05, 0) is 77.3 Å². The van der Waals surface area contributed by atoms with Crippen LogP contribution in [0, 0.1) is 11.8 Å². The Bertz CT molecular complexity index is 445. The van der Waals surface area contributed by atoms with E-state index >= 15 is 0 Å². The molecular weight excluding hydrogens is 378 g/mol. The molecular formula is C23H47N5O2. The Morgan fingerprint density at radius 1 is 0.867 bits per heavy atom. The van der Waals surface area contributed by atoms with Crippen LogP contribution in [0.2, 0.25) is 0 Å². The molecule has 1 aliphatic heterocycles. The molecule has 2 aliphatic carbocycles. The molecule has 176 valence electrons. The Morgan fingerprint density at radius 2 is 1.53 bits per heavy atom. The first-order chi connectivity index (χ1) is 14.7. The highest BCUT2D eigenvalue weighted by Crippen LogP contribution is 2.31. The van der Waals surface area contributed by atoms with Crippen LogP contribution >= 0.6 is 0 Å². The number of hydrogen-bond acceptors (Lipinski definition) is 7. The first kappa shape index (κ1) is 24.4. The largest absolute Gasteiger partial charge is 0.381 e. The van der Waals surface area contributed by atoms with Crippen LogP contribution in [0.25, 0.3) is 0 Å². The van der Waals surface area contributed by atoms with Crippen molar-refractivity contribution in [3.8, 4) is 0 Å². The van der Waals surface area contributed by atoms with Crippen molar-refractivity contribution in [1.82, 2.24) is 26.2 Å². The van der Waals surface area contributed by atoms with E-state index in [2.05, 4.69) is 33.2 Å². The van der Waals surface area contributed by atoms with E-state index in [4.69, 9.17) is 9.47 Å². The van der Waals surface area contributed by atoms with Gasteiger partial charge >= 0.3 is 0 Å². The van der Waals surface area contributed by atoms with Crippen molar-refractivity contribution >= 4 is 0 Å². The molecule has 1 saturated heterocycles. The third-order valence-corrected chi connectivity index (χ3v) is 7.53. The minimum Gasteiger partial charge on any atom is -0.381 e. The summed E-state index contributed by atoms with van der Waals surface area (Å²) in [6, 6.07) is 0.599. The highest BCUT2D eigenvalue weighted by atomic mass is 16.5. The standard InChI is InChI=1S/C23H47N5O2/c1-24-12-13-28(2)14-15-30-22-10-6-20(7-11-22)27-23-25-16-19(17-26-23)18-4-8-21(29-3)9-5-18/h18-27H,4-17H2,1-3H3. The van der Waals surface area contributed by atoms with E-state index in [9.17, 15) is 0 Å². The average Bonchev–Trinajstić information content (AvgIpc) is 2.79. The van der Waals surface area contributed by atoms with Crippen molar-refractivity contribution < 1.29 is 9.47 Å². The fraction of sp³-hybridized carbons (Fsp3) is 1.00. The zero-order valence-electron chi connectivity index (χ0n) is 19.6. The molecule has 7 heteroatoms. The Balaban J connectivity index is 1.24. The minimum absolute atomic E-state index is 0.264. The summed E-state index contributed by atoms with van der Waals surface area (Å²) in [5.74, 6) is 1.61. The van der Waals surface area contributed by atoms with Crippen LogP contribution in [0.15, 0.2) is 0 Å². The summed E-state index contributed by atoms with van der Waals surface area (Å²) in [5, 5.41) is 14.4. The molecule has 2 saturated carbocycles. The van der Waals surface area contributed by atoms with Crippen LogP contribution in [0.4, 0.5) is 0 Å². The van der Waals surface area contributed by atoms with Crippen molar-refractivity contribution in [2.75, 3.05) is 60.5 Å². The smallest absolute Gasteiger partial charge is 0.112 e. The van der Waals surface area contributed by atoms with Crippen molar-refractivity contribution in [3.63, 3.8) is 0 Å². The monoisotopic (exact) mass is 425 g/mol. The molecule has 0 spiro atoms. The normalized spacial score (nSPS) is 35.6. The van der Waals surface area contributed by atoms with Crippen LogP contribution in [-0.2, 0) is 9.47 Å². The average molecular weight is 426 g/mol. The van der Waals surface area contributed by atoms with E-state index in [1.54, 1.807) is 0 Å². The van der Waals surface area contributed by atoms with Gasteiger partial charge in [-0.2, -0.15) is 0 Å². The SMILES string of the molecule is CNCCN(C)CCOC1CCC(NC2NCC(C3CCC(OC)CC3)CN2)CC1. The zero-order chi connectivity index (χ0) is 21.2. The van der Waals surface area contributed by atoms with E-state index in [0.29, 0.717) is 18.2 Å². The Hall–Kier alpha value is -0.280. The van der Waals surface area contributed by atoms with Crippen LogP contribution < -0.4 is 21.3 Å². The number of hydrogen-bond donors (Lipinski definition) is 4. The quantitative estimate of drug-likeness (QED) is 0.398. The van der Waals surface area contributed by atoms with Crippen molar-refractivity contribution in [3.05, 3.63) is 0 Å². The van der Waals surface area contributed by atoms with Crippen LogP contribution in [0.5, 0.6) is 0 Å². The predicted molar refractivity (Wildman–Crippen MR) is 123 cm³/mol. The van der Waals surface area contributed by atoms with E-state index in [0.717, 1.165) is 51.2 Å². The molecule has 0 radical (unpaired) electrons. The summed E-state index contributed by atoms with van der Waals surface area (Å²) in [5.41, 5.74) is 0. The molecule has 0 amide bonds. The zero-order valence-corrected chi connectivity index (χ0v) is 19.6. The second-order valence-electron chi connectivity index (χ2n) is 9.70. The third kappa shape index (κ3) is 8.01. The number of methoxy groups -OCH3 is 1. The first-order valence-electron chi connectivity index (χ1n) is 12.4. The maximum Gasteiger partial charge on any atom is 0.112 e. The number of ether oxygens (including phenoxy) is 2. The highest BCUT2D eigenvalue weighted by molar-refractivity contribution is 4.87. The van der Waals surface area contributed by atoms with Gasteiger partial charge in [0.2, 0.25) is 0 Å². The van der Waals surface area contributed by atoms with Gasteiger partial charge < -0.3 is 19.7 Å². The maximum atomic E-state index is 6.14. The van der Waals surface area contributed by atoms with E-state index in [-0.39, 0.29) is 6.29 Å². The molecule has 0 aromatic heterocycles. The molecule has 7 nitrogen and oxygen atoms in total. The first-order valence-corrected chi connectivity index (χ1v) is 12.4. The summed E-state index contributed by atoms with van der Waals surface area (Å²) >= 11 is 0. The number of rotatable bonds is 11. The van der Waals surface area contributed by atoms with Crippen LogP contribution in [0.1, 0.15) is 51.4 Å². The summed E-state index contributed by atoms with van der Waals surface area (Å²) in [6.45, 7) is 6.24. The van der Waals surface area contributed by atoms with Crippen molar-refractivity contribution in [2.45, 2.75) is 75.9 Å². The fourth-order valence-corrected chi connectivity index (χ4v) is 5.35. The van der Waals surface area contributed by atoms with E-state index < -0.39 is 0 Å². The van der Waals surface area contributed by atoms with Gasteiger partial charge in [-0.1, -0.05) is 0 Å². The number of likely N-dealkylation sites (N-methyl/N-ethyl adjacent to an activating group) is 2. The summed E-state index contributed by atoms with van der Waals surface area (Å²) in [7, 11) is 6.03. The number of nitrogens with one attached hydrogen (secondary N) is 4. The molecule has 0 aromatic rings. The molecule has 0 atom stereocenters. The molecule has 0 aromatic carbocycles. The summed E-state index contributed by atoms with van der Waals surface area (Å²) < 4.78 is 11.7. The van der Waals surface area contributed by atoms with Gasteiger partial charge in [0.25, 0.3) is 0 Å². The molecule has 0 bridgehead atoms. The molecule has 3 rings (SSSR count). The van der Waals surface area contributed by atoms with Gasteiger partial charge in [0.1, 0.15) is 6.29 Å². The maximum absolute atomic E-state index is 6.14. The van der Waals surface area contributed by atoms with Crippen molar-refractivity contribution in [1.29, 1.82) is 0 Å². The molecule has 1 heterocycles. The van der Waals surface area contributed by atoms with Gasteiger partial charge in [-0.3, -0.25) is 16.0 Å². The highest BCUT2D eigenvalue weighted by Gasteiger charge is 2.31. The molecule has 0 unspecified atom stereocenters. The Morgan fingerprint density at radius 3 is 2.17 bits per heavy atom. The Labute approximate surface area is 184 Å². The predicted octanol–water partition coefficient (Wildman–Crippen LogP) is 1.35.